The van der Waals surface area contributed by atoms with E-state index in [1.165, 1.54) is 0 Å². The minimum atomic E-state index is -0.798. The van der Waals surface area contributed by atoms with Crippen LogP contribution in [-0.4, -0.2) is 11.5 Å². The van der Waals surface area contributed by atoms with Crippen LogP contribution in [0.15, 0.2) is 36.7 Å². The van der Waals surface area contributed by atoms with Gasteiger partial charge in [0.2, 0.25) is 0 Å². The van der Waals surface area contributed by atoms with Crippen molar-refractivity contribution in [2.75, 3.05) is 6.54 Å². The zero-order valence-electron chi connectivity index (χ0n) is 12.4. The summed E-state index contributed by atoms with van der Waals surface area (Å²) in [5.74, 6) is -1.55. The molecule has 0 spiro atoms. The molecule has 112 valence electrons. The lowest BCUT2D eigenvalue weighted by Crippen LogP contribution is -2.25. The second-order valence-corrected chi connectivity index (χ2v) is 5.16. The Morgan fingerprint density at radius 1 is 1.24 bits per heavy atom. The Balaban J connectivity index is 2.28. The summed E-state index contributed by atoms with van der Waals surface area (Å²) in [6.07, 6.45) is 4.91. The van der Waals surface area contributed by atoms with Crippen molar-refractivity contribution in [3.05, 3.63) is 65.0 Å². The molecule has 0 aliphatic rings. The number of aromatic nitrogens is 1. The van der Waals surface area contributed by atoms with Crippen LogP contribution in [0.5, 0.6) is 0 Å². The first kappa shape index (κ1) is 15.6. The van der Waals surface area contributed by atoms with Gasteiger partial charge in [0.1, 0.15) is 0 Å². The molecule has 2 aromatic rings. The van der Waals surface area contributed by atoms with Gasteiger partial charge < -0.3 is 5.32 Å². The number of benzene rings is 1. The molecule has 21 heavy (non-hydrogen) atoms. The number of halogens is 2. The monoisotopic (exact) mass is 290 g/mol. The van der Waals surface area contributed by atoms with Crippen molar-refractivity contribution in [3.8, 4) is 0 Å². The van der Waals surface area contributed by atoms with E-state index in [1.807, 2.05) is 13.0 Å². The fourth-order valence-corrected chi connectivity index (χ4v) is 2.41. The van der Waals surface area contributed by atoms with E-state index in [1.54, 1.807) is 24.5 Å². The molecular weight excluding hydrogens is 270 g/mol. The number of nitrogens with one attached hydrogen (secondary N) is 1. The molecular formula is C17H20F2N2. The highest BCUT2D eigenvalue weighted by Crippen LogP contribution is 2.23. The number of hydrogen-bond donors (Lipinski definition) is 1. The predicted octanol–water partition coefficient (Wildman–Crippen LogP) is 3.95. The van der Waals surface area contributed by atoms with Gasteiger partial charge in [-0.1, -0.05) is 19.1 Å². The Labute approximate surface area is 124 Å². The van der Waals surface area contributed by atoms with Crippen LogP contribution in [0.4, 0.5) is 8.78 Å². The van der Waals surface area contributed by atoms with E-state index < -0.39 is 11.6 Å². The van der Waals surface area contributed by atoms with Gasteiger partial charge in [-0.25, -0.2) is 8.78 Å². The molecule has 0 aliphatic carbocycles. The summed E-state index contributed by atoms with van der Waals surface area (Å²) >= 11 is 0. The van der Waals surface area contributed by atoms with Gasteiger partial charge >= 0.3 is 0 Å². The molecule has 0 fully saturated rings. The average Bonchev–Trinajstić information content (AvgIpc) is 2.48. The fourth-order valence-electron chi connectivity index (χ4n) is 2.41. The van der Waals surface area contributed by atoms with E-state index in [-0.39, 0.29) is 6.04 Å². The van der Waals surface area contributed by atoms with Crippen molar-refractivity contribution in [2.24, 2.45) is 0 Å². The summed E-state index contributed by atoms with van der Waals surface area (Å²) in [4.78, 5) is 4.08. The molecule has 0 amide bonds. The third kappa shape index (κ3) is 3.85. The first-order valence-corrected chi connectivity index (χ1v) is 7.20. The van der Waals surface area contributed by atoms with Gasteiger partial charge in [-0.05, 0) is 55.1 Å². The van der Waals surface area contributed by atoms with E-state index in [2.05, 4.69) is 17.2 Å². The zero-order chi connectivity index (χ0) is 15.2. The summed E-state index contributed by atoms with van der Waals surface area (Å²) in [5.41, 5.74) is 2.50. The Morgan fingerprint density at radius 2 is 2.05 bits per heavy atom. The van der Waals surface area contributed by atoms with Crippen molar-refractivity contribution < 1.29 is 8.78 Å². The molecule has 4 heteroatoms. The molecule has 1 aromatic carbocycles. The normalized spacial score (nSPS) is 12.4. The maximum Gasteiger partial charge on any atom is 0.162 e. The summed E-state index contributed by atoms with van der Waals surface area (Å²) in [6, 6.07) is 6.20. The van der Waals surface area contributed by atoms with Gasteiger partial charge in [-0.2, -0.15) is 0 Å². The topological polar surface area (TPSA) is 24.9 Å². The standard InChI is InChI=1S/C17H20F2N2/c1-3-8-21-16(14-7-9-20-11-12(14)2)10-13-5-4-6-15(18)17(13)19/h4-7,9,11,16,21H,3,8,10H2,1-2H3. The van der Waals surface area contributed by atoms with Crippen LogP contribution in [-0.2, 0) is 6.42 Å². The summed E-state index contributed by atoms with van der Waals surface area (Å²) in [5, 5.41) is 3.40. The van der Waals surface area contributed by atoms with Gasteiger partial charge in [0.15, 0.2) is 11.6 Å². The van der Waals surface area contributed by atoms with Gasteiger partial charge in [0.25, 0.3) is 0 Å². The molecule has 2 rings (SSSR count). The fraction of sp³-hybridized carbons (Fsp3) is 0.353. The lowest BCUT2D eigenvalue weighted by Gasteiger charge is -2.21. The molecule has 0 aliphatic heterocycles. The predicted molar refractivity (Wildman–Crippen MR) is 80.1 cm³/mol. The minimum absolute atomic E-state index is 0.0516. The zero-order valence-corrected chi connectivity index (χ0v) is 12.4. The second kappa shape index (κ2) is 7.27. The molecule has 1 atom stereocenters. The van der Waals surface area contributed by atoms with Crippen molar-refractivity contribution in [3.63, 3.8) is 0 Å². The SMILES string of the molecule is CCCNC(Cc1cccc(F)c1F)c1ccncc1C. The third-order valence-electron chi connectivity index (χ3n) is 3.54. The number of aryl methyl sites for hydroxylation is 1. The lowest BCUT2D eigenvalue weighted by atomic mass is 9.96. The van der Waals surface area contributed by atoms with E-state index in [0.29, 0.717) is 12.0 Å². The number of hydrogen-bond acceptors (Lipinski definition) is 2. The van der Waals surface area contributed by atoms with Crippen molar-refractivity contribution in [1.82, 2.24) is 10.3 Å². The highest BCUT2D eigenvalue weighted by atomic mass is 19.2. The largest absolute Gasteiger partial charge is 0.310 e. The van der Waals surface area contributed by atoms with Gasteiger partial charge in [-0.3, -0.25) is 4.98 Å². The quantitative estimate of drug-likeness (QED) is 0.871. The van der Waals surface area contributed by atoms with Crippen molar-refractivity contribution >= 4 is 0 Å². The van der Waals surface area contributed by atoms with E-state index >= 15 is 0 Å². The molecule has 0 saturated heterocycles. The molecule has 1 unspecified atom stereocenters. The lowest BCUT2D eigenvalue weighted by molar-refractivity contribution is 0.476. The van der Waals surface area contributed by atoms with Crippen LogP contribution in [0.1, 0.15) is 36.1 Å². The first-order chi connectivity index (χ1) is 10.1. The van der Waals surface area contributed by atoms with Gasteiger partial charge in [-0.15, -0.1) is 0 Å². The molecule has 0 radical (unpaired) electrons. The number of pyridine rings is 1. The van der Waals surface area contributed by atoms with Crippen molar-refractivity contribution in [2.45, 2.75) is 32.7 Å². The van der Waals surface area contributed by atoms with Gasteiger partial charge in [0.05, 0.1) is 0 Å². The number of nitrogens with zero attached hydrogens (tertiary/aromatic N) is 1. The van der Waals surface area contributed by atoms with E-state index in [4.69, 9.17) is 0 Å². The van der Waals surface area contributed by atoms with Crippen LogP contribution in [0.2, 0.25) is 0 Å². The number of rotatable bonds is 6. The summed E-state index contributed by atoms with van der Waals surface area (Å²) in [6.45, 7) is 4.88. The van der Waals surface area contributed by atoms with Crippen LogP contribution in [0, 0.1) is 18.6 Å². The molecule has 0 bridgehead atoms. The summed E-state index contributed by atoms with van der Waals surface area (Å²) < 4.78 is 27.2. The van der Waals surface area contributed by atoms with Gasteiger partial charge in [0, 0.05) is 18.4 Å². The van der Waals surface area contributed by atoms with Crippen molar-refractivity contribution in [1.29, 1.82) is 0 Å². The maximum absolute atomic E-state index is 13.9. The van der Waals surface area contributed by atoms with E-state index in [0.717, 1.165) is 30.2 Å². The molecule has 1 N–H and O–H groups in total. The molecule has 2 nitrogen and oxygen atoms in total. The Bertz CT molecular complexity index is 599. The highest BCUT2D eigenvalue weighted by molar-refractivity contribution is 5.29. The smallest absolute Gasteiger partial charge is 0.162 e. The average molecular weight is 290 g/mol. The minimum Gasteiger partial charge on any atom is -0.310 e. The summed E-state index contributed by atoms with van der Waals surface area (Å²) in [7, 11) is 0. The second-order valence-electron chi connectivity index (χ2n) is 5.16. The third-order valence-corrected chi connectivity index (χ3v) is 3.54. The molecule has 1 heterocycles. The first-order valence-electron chi connectivity index (χ1n) is 7.20. The van der Waals surface area contributed by atoms with Crippen LogP contribution in [0.3, 0.4) is 0 Å². The Kier molecular flexibility index (Phi) is 5.39. The Morgan fingerprint density at radius 3 is 2.76 bits per heavy atom. The van der Waals surface area contributed by atoms with Crippen LogP contribution >= 0.6 is 0 Å². The highest BCUT2D eigenvalue weighted by Gasteiger charge is 2.17. The Hall–Kier alpha value is -1.81. The van der Waals surface area contributed by atoms with Crippen LogP contribution in [0.25, 0.3) is 0 Å². The van der Waals surface area contributed by atoms with E-state index in [9.17, 15) is 8.78 Å². The van der Waals surface area contributed by atoms with Crippen LogP contribution < -0.4 is 5.32 Å². The maximum atomic E-state index is 13.9. The molecule has 1 aromatic heterocycles. The molecule has 0 saturated carbocycles.